The van der Waals surface area contributed by atoms with Gasteiger partial charge in [-0.15, -0.1) is 24.0 Å². The zero-order valence-electron chi connectivity index (χ0n) is 11.3. The lowest BCUT2D eigenvalue weighted by Gasteiger charge is -2.16. The monoisotopic (exact) mass is 455 g/mol. The summed E-state index contributed by atoms with van der Waals surface area (Å²) in [6, 6.07) is 7.40. The van der Waals surface area contributed by atoms with E-state index in [9.17, 15) is 0 Å². The lowest BCUT2D eigenvalue weighted by Crippen LogP contribution is -2.33. The molecule has 2 aromatic rings. The number of halogens is 3. The fourth-order valence-corrected chi connectivity index (χ4v) is 2.99. The number of aliphatic imine (C=N–C) groups is 1. The van der Waals surface area contributed by atoms with Gasteiger partial charge in [0.1, 0.15) is 0 Å². The Labute approximate surface area is 155 Å². The molecule has 7 heteroatoms. The predicted molar refractivity (Wildman–Crippen MR) is 103 cm³/mol. The van der Waals surface area contributed by atoms with Crippen LogP contribution in [0.1, 0.15) is 24.1 Å². The van der Waals surface area contributed by atoms with E-state index >= 15 is 0 Å². The number of nitrogens with two attached hydrogens (primary N) is 1. The highest BCUT2D eigenvalue weighted by Crippen LogP contribution is 2.25. The molecule has 3 N–H and O–H groups in total. The van der Waals surface area contributed by atoms with Gasteiger partial charge in [-0.25, -0.2) is 4.99 Å². The lowest BCUT2D eigenvalue weighted by molar-refractivity contribution is 0.708. The van der Waals surface area contributed by atoms with Crippen molar-refractivity contribution >= 4 is 64.5 Å². The van der Waals surface area contributed by atoms with Crippen LogP contribution in [0, 0.1) is 0 Å². The molecular weight excluding hydrogens is 440 g/mol. The van der Waals surface area contributed by atoms with Gasteiger partial charge < -0.3 is 11.1 Å². The number of hydrogen-bond donors (Lipinski definition) is 2. The predicted octanol–water partition coefficient (Wildman–Crippen LogP) is 4.84. The van der Waals surface area contributed by atoms with Gasteiger partial charge in [0.15, 0.2) is 5.96 Å². The van der Waals surface area contributed by atoms with E-state index in [0.717, 1.165) is 11.1 Å². The van der Waals surface area contributed by atoms with Gasteiger partial charge in [-0.1, -0.05) is 29.3 Å². The van der Waals surface area contributed by atoms with E-state index in [1.807, 2.05) is 24.4 Å². The van der Waals surface area contributed by atoms with Crippen LogP contribution >= 0.6 is 58.5 Å². The third-order valence-corrected chi connectivity index (χ3v) is 4.10. The van der Waals surface area contributed by atoms with E-state index in [4.69, 9.17) is 28.9 Å². The third-order valence-electron chi connectivity index (χ3n) is 2.81. The van der Waals surface area contributed by atoms with Crippen molar-refractivity contribution in [2.45, 2.75) is 19.5 Å². The van der Waals surface area contributed by atoms with Gasteiger partial charge >= 0.3 is 0 Å². The maximum Gasteiger partial charge on any atom is 0.189 e. The van der Waals surface area contributed by atoms with Gasteiger partial charge in [0.05, 0.1) is 12.6 Å². The normalized spacial score (nSPS) is 12.6. The van der Waals surface area contributed by atoms with Crippen LogP contribution in [0.15, 0.2) is 40.0 Å². The van der Waals surface area contributed by atoms with E-state index < -0.39 is 0 Å². The van der Waals surface area contributed by atoms with Gasteiger partial charge in [-0.3, -0.25) is 0 Å². The average molecular weight is 456 g/mol. The van der Waals surface area contributed by atoms with Gasteiger partial charge in [0.2, 0.25) is 0 Å². The maximum atomic E-state index is 6.16. The fraction of sp³-hybridized carbons (Fsp3) is 0.214. The molecule has 0 spiro atoms. The highest BCUT2D eigenvalue weighted by Gasteiger charge is 2.10. The Hall–Kier alpha value is -0.500. The molecule has 0 radical (unpaired) electrons. The van der Waals surface area contributed by atoms with Gasteiger partial charge in [-0.2, -0.15) is 11.3 Å². The van der Waals surface area contributed by atoms with E-state index in [0.29, 0.717) is 22.5 Å². The molecular formula is C14H16Cl2IN3S. The molecule has 1 heterocycles. The van der Waals surface area contributed by atoms with E-state index in [2.05, 4.69) is 15.7 Å². The van der Waals surface area contributed by atoms with Crippen LogP contribution < -0.4 is 11.1 Å². The first-order valence-electron chi connectivity index (χ1n) is 6.08. The van der Waals surface area contributed by atoms with Crippen molar-refractivity contribution in [2.24, 2.45) is 10.7 Å². The van der Waals surface area contributed by atoms with Crippen LogP contribution in [0.5, 0.6) is 0 Å². The minimum atomic E-state index is -0.0361. The molecule has 0 bridgehead atoms. The molecule has 0 fully saturated rings. The SMILES string of the molecule is CC(NC(N)=NCc1ccsc1)c1ccc(Cl)cc1Cl.I. The second kappa shape index (κ2) is 8.82. The highest BCUT2D eigenvalue weighted by molar-refractivity contribution is 14.0. The molecule has 1 atom stereocenters. The quantitative estimate of drug-likeness (QED) is 0.393. The third kappa shape index (κ3) is 5.65. The standard InChI is InChI=1S/C14H15Cl2N3S.HI/c1-9(12-3-2-11(15)6-13(12)16)19-14(17)18-7-10-4-5-20-8-10;/h2-6,8-9H,7H2,1H3,(H3,17,18,19);1H. The Kier molecular flexibility index (Phi) is 7.79. The molecule has 0 aliphatic carbocycles. The highest BCUT2D eigenvalue weighted by atomic mass is 127. The number of benzene rings is 1. The lowest BCUT2D eigenvalue weighted by atomic mass is 10.1. The van der Waals surface area contributed by atoms with Crippen LogP contribution in [0.3, 0.4) is 0 Å². The van der Waals surface area contributed by atoms with E-state index in [1.165, 1.54) is 0 Å². The topological polar surface area (TPSA) is 50.4 Å². The maximum absolute atomic E-state index is 6.16. The molecule has 114 valence electrons. The zero-order chi connectivity index (χ0) is 14.5. The van der Waals surface area contributed by atoms with Gasteiger partial charge in [0.25, 0.3) is 0 Å². The van der Waals surface area contributed by atoms with Crippen LogP contribution in [-0.4, -0.2) is 5.96 Å². The summed E-state index contributed by atoms with van der Waals surface area (Å²) in [4.78, 5) is 4.30. The van der Waals surface area contributed by atoms with Crippen LogP contribution in [0.4, 0.5) is 0 Å². The Morgan fingerprint density at radius 1 is 1.38 bits per heavy atom. The molecule has 0 amide bonds. The largest absolute Gasteiger partial charge is 0.370 e. The molecule has 21 heavy (non-hydrogen) atoms. The molecule has 1 unspecified atom stereocenters. The van der Waals surface area contributed by atoms with Crippen molar-refractivity contribution in [1.82, 2.24) is 5.32 Å². The zero-order valence-corrected chi connectivity index (χ0v) is 16.0. The second-order valence-electron chi connectivity index (χ2n) is 4.36. The second-order valence-corrected chi connectivity index (χ2v) is 5.99. The number of hydrogen-bond acceptors (Lipinski definition) is 2. The summed E-state index contributed by atoms with van der Waals surface area (Å²) in [5, 5.41) is 8.42. The molecule has 1 aromatic heterocycles. The summed E-state index contributed by atoms with van der Waals surface area (Å²) in [6.07, 6.45) is 0. The smallest absolute Gasteiger partial charge is 0.189 e. The van der Waals surface area contributed by atoms with Crippen molar-refractivity contribution in [2.75, 3.05) is 0 Å². The first-order chi connectivity index (χ1) is 9.56. The molecule has 0 saturated carbocycles. The van der Waals surface area contributed by atoms with Crippen molar-refractivity contribution in [1.29, 1.82) is 0 Å². The summed E-state index contributed by atoms with van der Waals surface area (Å²) >= 11 is 13.7. The molecule has 0 aliphatic heterocycles. The molecule has 1 aromatic carbocycles. The van der Waals surface area contributed by atoms with Crippen LogP contribution in [0.25, 0.3) is 0 Å². The van der Waals surface area contributed by atoms with Crippen molar-refractivity contribution in [3.05, 3.63) is 56.2 Å². The number of nitrogens with zero attached hydrogens (tertiary/aromatic N) is 1. The van der Waals surface area contributed by atoms with Crippen LogP contribution in [-0.2, 0) is 6.54 Å². The Bertz CT molecular complexity index is 602. The fourth-order valence-electron chi connectivity index (χ4n) is 1.76. The summed E-state index contributed by atoms with van der Waals surface area (Å²) in [7, 11) is 0. The minimum Gasteiger partial charge on any atom is -0.370 e. The first-order valence-corrected chi connectivity index (χ1v) is 7.78. The minimum absolute atomic E-state index is 0. The first kappa shape index (κ1) is 18.5. The Morgan fingerprint density at radius 2 is 2.14 bits per heavy atom. The van der Waals surface area contributed by atoms with E-state index in [-0.39, 0.29) is 30.0 Å². The van der Waals surface area contributed by atoms with Crippen LogP contribution in [0.2, 0.25) is 10.0 Å². The molecule has 0 aliphatic rings. The number of thiophene rings is 1. The van der Waals surface area contributed by atoms with Crippen molar-refractivity contribution in [3.8, 4) is 0 Å². The van der Waals surface area contributed by atoms with E-state index in [1.54, 1.807) is 23.5 Å². The molecule has 3 nitrogen and oxygen atoms in total. The average Bonchev–Trinajstić information content (AvgIpc) is 2.89. The molecule has 0 saturated heterocycles. The number of nitrogens with one attached hydrogen (secondary N) is 1. The Morgan fingerprint density at radius 3 is 2.76 bits per heavy atom. The number of rotatable bonds is 4. The summed E-state index contributed by atoms with van der Waals surface area (Å²) in [6.45, 7) is 2.55. The number of guanidine groups is 1. The van der Waals surface area contributed by atoms with Gasteiger partial charge in [-0.05, 0) is 47.0 Å². The Balaban J connectivity index is 0.00000220. The van der Waals surface area contributed by atoms with Crippen molar-refractivity contribution < 1.29 is 0 Å². The molecule has 2 rings (SSSR count). The van der Waals surface area contributed by atoms with Gasteiger partial charge in [0, 0.05) is 10.0 Å². The summed E-state index contributed by atoms with van der Waals surface area (Å²) in [5.74, 6) is 0.398. The summed E-state index contributed by atoms with van der Waals surface area (Å²) < 4.78 is 0. The van der Waals surface area contributed by atoms with Crippen molar-refractivity contribution in [3.63, 3.8) is 0 Å². The summed E-state index contributed by atoms with van der Waals surface area (Å²) in [5.41, 5.74) is 7.97.